The number of fused-ring (bicyclic) bond motifs is 1. The number of nitrogens with zero attached hydrogens (tertiary/aromatic N) is 2. The van der Waals surface area contributed by atoms with Gasteiger partial charge in [-0.1, -0.05) is 73.9 Å². The number of hydrogen-bond acceptors (Lipinski definition) is 6. The van der Waals surface area contributed by atoms with Gasteiger partial charge in [0.25, 0.3) is 10.0 Å². The summed E-state index contributed by atoms with van der Waals surface area (Å²) < 4.78 is 33.3. The highest BCUT2D eigenvalue weighted by molar-refractivity contribution is 7.89. The van der Waals surface area contributed by atoms with Crippen LogP contribution < -0.4 is 0 Å². The van der Waals surface area contributed by atoms with Crippen molar-refractivity contribution in [3.05, 3.63) is 107 Å². The van der Waals surface area contributed by atoms with E-state index in [0.29, 0.717) is 11.6 Å². The normalized spacial score (nSPS) is 17.2. The van der Waals surface area contributed by atoms with E-state index in [1.807, 2.05) is 12.1 Å². The number of ether oxygens (including phenoxy) is 1. The van der Waals surface area contributed by atoms with Crippen molar-refractivity contribution in [2.45, 2.75) is 49.6 Å². The molecule has 0 N–H and O–H groups in total. The molecule has 0 amide bonds. The number of esters is 1. The molecule has 8 heteroatoms. The molecule has 1 aliphatic heterocycles. The first-order valence-electron chi connectivity index (χ1n) is 13.2. The topological polar surface area (TPSA) is 84.0 Å². The lowest BCUT2D eigenvalue weighted by molar-refractivity contribution is 0.0686. The Morgan fingerprint density at radius 3 is 2.21 bits per heavy atom. The zero-order chi connectivity index (χ0) is 27.6. The Labute approximate surface area is 229 Å². The summed E-state index contributed by atoms with van der Waals surface area (Å²) in [6.45, 7) is 0.789. The minimum Gasteiger partial charge on any atom is -0.420 e. The molecule has 0 unspecified atom stereocenters. The van der Waals surface area contributed by atoms with Crippen molar-refractivity contribution >= 4 is 27.5 Å². The van der Waals surface area contributed by atoms with E-state index in [0.717, 1.165) is 16.4 Å². The number of ketones is 1. The Balaban J connectivity index is 1.45. The van der Waals surface area contributed by atoms with Gasteiger partial charge in [-0.25, -0.2) is 13.2 Å². The van der Waals surface area contributed by atoms with E-state index < -0.39 is 21.8 Å². The number of benzene rings is 3. The molecule has 0 atom stereocenters. The monoisotopic (exact) mass is 544 g/mol. The van der Waals surface area contributed by atoms with Gasteiger partial charge in [-0.05, 0) is 49.7 Å². The summed E-state index contributed by atoms with van der Waals surface area (Å²) in [5.41, 5.74) is 1.65. The average molecular weight is 545 g/mol. The van der Waals surface area contributed by atoms with E-state index in [1.165, 1.54) is 45.2 Å². The van der Waals surface area contributed by atoms with Crippen LogP contribution in [0.15, 0.2) is 89.5 Å². The third-order valence-electron chi connectivity index (χ3n) is 7.57. The van der Waals surface area contributed by atoms with E-state index in [1.54, 1.807) is 60.7 Å². The van der Waals surface area contributed by atoms with Gasteiger partial charge in [0, 0.05) is 30.8 Å². The van der Waals surface area contributed by atoms with Crippen molar-refractivity contribution < 1.29 is 22.7 Å². The van der Waals surface area contributed by atoms with E-state index in [9.17, 15) is 18.0 Å². The molecule has 5 rings (SSSR count). The second kappa shape index (κ2) is 11.2. The highest BCUT2D eigenvalue weighted by Crippen LogP contribution is 2.38. The van der Waals surface area contributed by atoms with E-state index >= 15 is 0 Å². The van der Waals surface area contributed by atoms with Gasteiger partial charge in [-0.3, -0.25) is 14.0 Å². The van der Waals surface area contributed by atoms with Gasteiger partial charge in [0.2, 0.25) is 5.78 Å². The van der Waals surface area contributed by atoms with Crippen molar-refractivity contribution in [3.63, 3.8) is 0 Å². The fourth-order valence-electron chi connectivity index (χ4n) is 5.33. The van der Waals surface area contributed by atoms with Crippen LogP contribution in [-0.4, -0.2) is 49.5 Å². The van der Waals surface area contributed by atoms with Crippen LogP contribution >= 0.6 is 0 Å². The lowest BCUT2D eigenvalue weighted by atomic mass is 9.94. The first-order chi connectivity index (χ1) is 18.8. The standard InChI is InChI=1S/C31H32N2O5S/c1-32(25-13-7-4-8-14-25)21-22-17-19-24(20-18-22)31(35)38-30-26-15-9-10-16-27(26)39(36,37)33(2)28(30)29(34)23-11-5-3-6-12-23/h3,5-6,9-12,15-20,25H,4,7-8,13-14,21H2,1-2H3. The van der Waals surface area contributed by atoms with Crippen molar-refractivity contribution in [1.82, 2.24) is 9.21 Å². The molecule has 2 aliphatic rings. The summed E-state index contributed by atoms with van der Waals surface area (Å²) in [7, 11) is -0.586. The Kier molecular flexibility index (Phi) is 7.68. The van der Waals surface area contributed by atoms with Crippen molar-refractivity contribution in [1.29, 1.82) is 0 Å². The van der Waals surface area contributed by atoms with Crippen LogP contribution in [0.3, 0.4) is 0 Å². The molecule has 0 radical (unpaired) electrons. The second-order valence-corrected chi connectivity index (χ2v) is 12.1. The molecular formula is C31H32N2O5S. The Morgan fingerprint density at radius 2 is 1.51 bits per heavy atom. The summed E-state index contributed by atoms with van der Waals surface area (Å²) in [4.78, 5) is 29.2. The summed E-state index contributed by atoms with van der Waals surface area (Å²) in [5.74, 6) is -1.30. The fraction of sp³-hybridized carbons (Fsp3) is 0.290. The van der Waals surface area contributed by atoms with Crippen LogP contribution in [0.4, 0.5) is 0 Å². The minimum absolute atomic E-state index is 0.0268. The molecule has 202 valence electrons. The van der Waals surface area contributed by atoms with Crippen LogP contribution in [0.2, 0.25) is 0 Å². The predicted octanol–water partition coefficient (Wildman–Crippen LogP) is 5.49. The zero-order valence-corrected chi connectivity index (χ0v) is 23.0. The summed E-state index contributed by atoms with van der Waals surface area (Å²) >= 11 is 0. The molecular weight excluding hydrogens is 512 g/mol. The predicted molar refractivity (Wildman–Crippen MR) is 149 cm³/mol. The summed E-state index contributed by atoms with van der Waals surface area (Å²) in [6.07, 6.45) is 6.27. The average Bonchev–Trinajstić information content (AvgIpc) is 2.97. The third-order valence-corrected chi connectivity index (χ3v) is 9.38. The summed E-state index contributed by atoms with van der Waals surface area (Å²) in [6, 6.07) is 22.4. The Bertz CT molecular complexity index is 1510. The van der Waals surface area contributed by atoms with E-state index in [-0.39, 0.29) is 27.5 Å². The largest absolute Gasteiger partial charge is 0.420 e. The van der Waals surface area contributed by atoms with Crippen LogP contribution in [0.25, 0.3) is 5.76 Å². The molecule has 0 aromatic heterocycles. The quantitative estimate of drug-likeness (QED) is 0.289. The van der Waals surface area contributed by atoms with Crippen molar-refractivity contribution in [2.75, 3.05) is 14.1 Å². The smallest absolute Gasteiger partial charge is 0.343 e. The van der Waals surface area contributed by atoms with E-state index in [2.05, 4.69) is 11.9 Å². The zero-order valence-electron chi connectivity index (χ0n) is 22.2. The second-order valence-electron chi connectivity index (χ2n) is 10.1. The maximum Gasteiger partial charge on any atom is 0.343 e. The number of likely N-dealkylation sites (N-methyl/N-ethyl adjacent to an activating group) is 1. The van der Waals surface area contributed by atoms with Gasteiger partial charge in [0.15, 0.2) is 5.76 Å². The highest BCUT2D eigenvalue weighted by Gasteiger charge is 2.39. The van der Waals surface area contributed by atoms with Gasteiger partial charge >= 0.3 is 5.97 Å². The molecule has 39 heavy (non-hydrogen) atoms. The number of allylic oxidation sites excluding steroid dienone is 1. The molecule has 1 aliphatic carbocycles. The molecule has 0 saturated heterocycles. The first-order valence-corrected chi connectivity index (χ1v) is 14.6. The SMILES string of the molecule is CN(Cc1ccc(C(=O)OC2=C(C(=O)c3ccccc3)N(C)S(=O)(=O)c3ccccc32)cc1)C1CCCCC1. The number of sulfonamides is 1. The molecule has 0 spiro atoms. The molecule has 0 bridgehead atoms. The number of Topliss-reactive ketones (excluding diaryl/α,β-unsaturated/α-hetero) is 1. The fourth-order valence-corrected chi connectivity index (χ4v) is 6.72. The maximum atomic E-state index is 13.6. The van der Waals surface area contributed by atoms with Crippen LogP contribution in [0.5, 0.6) is 0 Å². The summed E-state index contributed by atoms with van der Waals surface area (Å²) in [5, 5.41) is 0. The van der Waals surface area contributed by atoms with Crippen LogP contribution in [0.1, 0.15) is 63.9 Å². The molecule has 1 heterocycles. The number of carbonyl (C=O) groups is 2. The van der Waals surface area contributed by atoms with Gasteiger partial charge in [-0.2, -0.15) is 0 Å². The van der Waals surface area contributed by atoms with Crippen LogP contribution in [0, 0.1) is 0 Å². The van der Waals surface area contributed by atoms with Gasteiger partial charge in [0.1, 0.15) is 5.70 Å². The van der Waals surface area contributed by atoms with Gasteiger partial charge in [-0.15, -0.1) is 0 Å². The third kappa shape index (κ3) is 5.40. The number of carbonyl (C=O) groups excluding carboxylic acids is 2. The number of hydrogen-bond donors (Lipinski definition) is 0. The molecule has 1 saturated carbocycles. The number of rotatable bonds is 7. The van der Waals surface area contributed by atoms with Crippen molar-refractivity contribution in [3.8, 4) is 0 Å². The Morgan fingerprint density at radius 1 is 0.872 bits per heavy atom. The first kappa shape index (κ1) is 26.8. The van der Waals surface area contributed by atoms with Crippen LogP contribution in [-0.2, 0) is 21.3 Å². The molecule has 3 aromatic rings. The minimum atomic E-state index is -4.02. The lowest BCUT2D eigenvalue weighted by Crippen LogP contribution is -2.36. The maximum absolute atomic E-state index is 13.6. The Hall–Kier alpha value is -3.75. The molecule has 7 nitrogen and oxygen atoms in total. The highest BCUT2D eigenvalue weighted by atomic mass is 32.2. The molecule has 1 fully saturated rings. The van der Waals surface area contributed by atoms with E-state index in [4.69, 9.17) is 4.74 Å². The van der Waals surface area contributed by atoms with Gasteiger partial charge in [0.05, 0.1) is 10.5 Å². The van der Waals surface area contributed by atoms with Gasteiger partial charge < -0.3 is 4.74 Å². The molecule has 3 aromatic carbocycles. The van der Waals surface area contributed by atoms with Crippen molar-refractivity contribution in [2.24, 2.45) is 0 Å². The lowest BCUT2D eigenvalue weighted by Gasteiger charge is -2.31.